The van der Waals surface area contributed by atoms with E-state index in [1.807, 2.05) is 11.5 Å². The van der Waals surface area contributed by atoms with Gasteiger partial charge in [-0.05, 0) is 19.1 Å². The predicted octanol–water partition coefficient (Wildman–Crippen LogP) is 2.83. The van der Waals surface area contributed by atoms with E-state index in [2.05, 4.69) is 37.8 Å². The standard InChI is InChI=1S/C10H13S/c1-3-11(4-2)10-8-6-5-7-9-10/h3,5-9H,1,4H2,2H3/q+1. The minimum Gasteiger partial charge on any atom is -0.0619 e. The zero-order chi connectivity index (χ0) is 8.10. The van der Waals surface area contributed by atoms with Crippen LogP contribution in [0.3, 0.4) is 0 Å². The lowest BCUT2D eigenvalue weighted by Crippen LogP contribution is -1.99. The van der Waals surface area contributed by atoms with Crippen LogP contribution in [0.1, 0.15) is 6.92 Å². The largest absolute Gasteiger partial charge is 0.160 e. The first kappa shape index (κ1) is 8.41. The summed E-state index contributed by atoms with van der Waals surface area (Å²) in [6, 6.07) is 10.5. The average molecular weight is 165 g/mol. The molecule has 1 rings (SSSR count). The van der Waals surface area contributed by atoms with Gasteiger partial charge in [-0.1, -0.05) is 24.8 Å². The van der Waals surface area contributed by atoms with Crippen LogP contribution < -0.4 is 0 Å². The fraction of sp³-hybridized carbons (Fsp3) is 0.200. The summed E-state index contributed by atoms with van der Waals surface area (Å²) in [5.41, 5.74) is 0. The van der Waals surface area contributed by atoms with Crippen LogP contribution in [0.15, 0.2) is 47.2 Å². The van der Waals surface area contributed by atoms with Gasteiger partial charge in [0.1, 0.15) is 11.2 Å². The molecule has 0 fully saturated rings. The molecule has 1 heteroatoms. The molecular weight excluding hydrogens is 152 g/mol. The molecule has 0 bridgehead atoms. The Balaban J connectivity index is 2.82. The summed E-state index contributed by atoms with van der Waals surface area (Å²) in [4.78, 5) is 1.39. The maximum atomic E-state index is 3.82. The number of rotatable bonds is 3. The quantitative estimate of drug-likeness (QED) is 0.604. The first-order valence-electron chi connectivity index (χ1n) is 3.75. The van der Waals surface area contributed by atoms with Gasteiger partial charge in [-0.2, -0.15) is 0 Å². The van der Waals surface area contributed by atoms with Gasteiger partial charge < -0.3 is 0 Å². The lowest BCUT2D eigenvalue weighted by molar-refractivity contribution is 1.41. The highest BCUT2D eigenvalue weighted by Crippen LogP contribution is 2.13. The van der Waals surface area contributed by atoms with E-state index in [1.54, 1.807) is 0 Å². The highest BCUT2D eigenvalue weighted by Gasteiger charge is 2.12. The highest BCUT2D eigenvalue weighted by molar-refractivity contribution is 7.99. The molecule has 0 spiro atoms. The maximum absolute atomic E-state index is 3.82. The molecule has 1 aromatic carbocycles. The van der Waals surface area contributed by atoms with Crippen LogP contribution in [0, 0.1) is 0 Å². The molecule has 0 radical (unpaired) electrons. The van der Waals surface area contributed by atoms with E-state index >= 15 is 0 Å². The summed E-state index contributed by atoms with van der Waals surface area (Å²) in [7, 11) is 0.262. The van der Waals surface area contributed by atoms with Gasteiger partial charge in [-0.25, -0.2) is 0 Å². The molecule has 0 aromatic heterocycles. The molecule has 0 amide bonds. The summed E-state index contributed by atoms with van der Waals surface area (Å²) in [6.45, 7) is 6.01. The van der Waals surface area contributed by atoms with Crippen LogP contribution in [-0.2, 0) is 10.9 Å². The average Bonchev–Trinajstić information content (AvgIpc) is 2.09. The van der Waals surface area contributed by atoms with E-state index in [0.717, 1.165) is 5.75 Å². The number of hydrogen-bond donors (Lipinski definition) is 0. The molecule has 1 atom stereocenters. The molecule has 11 heavy (non-hydrogen) atoms. The van der Waals surface area contributed by atoms with Crippen LogP contribution >= 0.6 is 0 Å². The minimum atomic E-state index is 0.262. The van der Waals surface area contributed by atoms with E-state index in [4.69, 9.17) is 0 Å². The first-order chi connectivity index (χ1) is 5.38. The predicted molar refractivity (Wildman–Crippen MR) is 52.8 cm³/mol. The molecule has 0 heterocycles. The van der Waals surface area contributed by atoms with Crippen LogP contribution in [0.5, 0.6) is 0 Å². The molecule has 0 saturated carbocycles. The van der Waals surface area contributed by atoms with Crippen molar-refractivity contribution < 1.29 is 0 Å². The molecule has 0 aliphatic heterocycles. The normalized spacial score (nSPS) is 12.5. The molecule has 0 aliphatic rings. The van der Waals surface area contributed by atoms with Crippen LogP contribution in [0.2, 0.25) is 0 Å². The van der Waals surface area contributed by atoms with E-state index < -0.39 is 0 Å². The summed E-state index contributed by atoms with van der Waals surface area (Å²) < 4.78 is 0. The maximum Gasteiger partial charge on any atom is 0.160 e. The zero-order valence-electron chi connectivity index (χ0n) is 6.79. The smallest absolute Gasteiger partial charge is 0.0619 e. The second kappa shape index (κ2) is 4.24. The lowest BCUT2D eigenvalue weighted by Gasteiger charge is -1.97. The lowest BCUT2D eigenvalue weighted by atomic mass is 10.4. The Hall–Kier alpha value is -0.690. The topological polar surface area (TPSA) is 0 Å². The van der Waals surface area contributed by atoms with Crippen molar-refractivity contribution >= 4 is 10.9 Å². The second-order valence-corrected chi connectivity index (χ2v) is 4.44. The van der Waals surface area contributed by atoms with Gasteiger partial charge in [0.25, 0.3) is 0 Å². The van der Waals surface area contributed by atoms with Crippen molar-refractivity contribution in [3.05, 3.63) is 42.3 Å². The summed E-state index contributed by atoms with van der Waals surface area (Å²) in [6.07, 6.45) is 0. The summed E-state index contributed by atoms with van der Waals surface area (Å²) in [5.74, 6) is 1.16. The summed E-state index contributed by atoms with van der Waals surface area (Å²) in [5, 5.41) is 2.04. The summed E-state index contributed by atoms with van der Waals surface area (Å²) >= 11 is 0. The number of hydrogen-bond acceptors (Lipinski definition) is 0. The van der Waals surface area contributed by atoms with Gasteiger partial charge in [0.2, 0.25) is 0 Å². The third-order valence-electron chi connectivity index (χ3n) is 1.56. The fourth-order valence-corrected chi connectivity index (χ4v) is 2.24. The highest BCUT2D eigenvalue weighted by atomic mass is 32.2. The molecule has 58 valence electrons. The molecule has 0 aliphatic carbocycles. The van der Waals surface area contributed by atoms with Gasteiger partial charge in [0.05, 0.1) is 10.9 Å². The van der Waals surface area contributed by atoms with Gasteiger partial charge in [0.15, 0.2) is 4.90 Å². The van der Waals surface area contributed by atoms with Gasteiger partial charge in [-0.15, -0.1) is 0 Å². The van der Waals surface area contributed by atoms with Crippen molar-refractivity contribution in [1.29, 1.82) is 0 Å². The van der Waals surface area contributed by atoms with E-state index in [-0.39, 0.29) is 10.9 Å². The van der Waals surface area contributed by atoms with Crippen molar-refractivity contribution in [2.24, 2.45) is 0 Å². The monoisotopic (exact) mass is 165 g/mol. The van der Waals surface area contributed by atoms with Gasteiger partial charge >= 0.3 is 0 Å². The van der Waals surface area contributed by atoms with Crippen molar-refractivity contribution in [1.82, 2.24) is 0 Å². The van der Waals surface area contributed by atoms with Crippen molar-refractivity contribution in [2.45, 2.75) is 11.8 Å². The Morgan fingerprint density at radius 2 is 2.00 bits per heavy atom. The fourth-order valence-electron chi connectivity index (χ4n) is 0.976. The van der Waals surface area contributed by atoms with Crippen molar-refractivity contribution in [3.63, 3.8) is 0 Å². The molecule has 0 nitrogen and oxygen atoms in total. The molecule has 1 unspecified atom stereocenters. The Bertz CT molecular complexity index is 216. The third-order valence-corrected chi connectivity index (χ3v) is 3.46. The zero-order valence-corrected chi connectivity index (χ0v) is 7.60. The van der Waals surface area contributed by atoms with Gasteiger partial charge in [-0.3, -0.25) is 0 Å². The Kier molecular flexibility index (Phi) is 3.24. The Labute approximate surface area is 71.3 Å². The van der Waals surface area contributed by atoms with Crippen LogP contribution in [0.25, 0.3) is 0 Å². The Morgan fingerprint density at radius 3 is 2.45 bits per heavy atom. The first-order valence-corrected chi connectivity index (χ1v) is 5.21. The molecule has 0 saturated heterocycles. The van der Waals surface area contributed by atoms with Crippen molar-refractivity contribution in [3.8, 4) is 0 Å². The molecular formula is C10H13S+. The molecule has 1 aromatic rings. The molecule has 0 N–H and O–H groups in total. The van der Waals surface area contributed by atoms with E-state index in [9.17, 15) is 0 Å². The number of benzene rings is 1. The second-order valence-electron chi connectivity index (χ2n) is 2.20. The van der Waals surface area contributed by atoms with Crippen molar-refractivity contribution in [2.75, 3.05) is 5.75 Å². The Morgan fingerprint density at radius 1 is 1.36 bits per heavy atom. The SMILES string of the molecule is C=C[S+](CC)c1ccccc1. The van der Waals surface area contributed by atoms with Crippen LogP contribution in [-0.4, -0.2) is 5.75 Å². The van der Waals surface area contributed by atoms with E-state index in [1.165, 1.54) is 4.90 Å². The third kappa shape index (κ3) is 2.12. The van der Waals surface area contributed by atoms with E-state index in [0.29, 0.717) is 0 Å². The van der Waals surface area contributed by atoms with Crippen LogP contribution in [0.4, 0.5) is 0 Å². The minimum absolute atomic E-state index is 0.262. The van der Waals surface area contributed by atoms with Gasteiger partial charge in [0, 0.05) is 0 Å².